The highest BCUT2D eigenvalue weighted by Gasteiger charge is 2.21. The summed E-state index contributed by atoms with van der Waals surface area (Å²) >= 11 is 0. The summed E-state index contributed by atoms with van der Waals surface area (Å²) < 4.78 is 9.89. The molecule has 1 N–H and O–H groups in total. The average molecular weight is 316 g/mol. The van der Waals surface area contributed by atoms with E-state index in [0.717, 1.165) is 0 Å². The van der Waals surface area contributed by atoms with E-state index < -0.39 is 30.9 Å². The highest BCUT2D eigenvalue weighted by Crippen LogP contribution is 2.13. The molecule has 1 aromatic rings. The molecule has 1 atom stereocenters. The van der Waals surface area contributed by atoms with Crippen molar-refractivity contribution < 1.29 is 23.9 Å². The van der Waals surface area contributed by atoms with E-state index in [4.69, 9.17) is 20.1 Å². The molecule has 1 aromatic carbocycles. The minimum absolute atomic E-state index is 0.106. The van der Waals surface area contributed by atoms with E-state index in [-0.39, 0.29) is 11.5 Å². The van der Waals surface area contributed by atoms with Crippen LogP contribution in [0.1, 0.15) is 24.2 Å². The second-order valence-electron chi connectivity index (χ2n) is 4.74. The molecule has 0 fully saturated rings. The number of ketones is 2. The zero-order valence-corrected chi connectivity index (χ0v) is 12.8. The monoisotopic (exact) mass is 316 g/mol. The van der Waals surface area contributed by atoms with Gasteiger partial charge in [-0.25, -0.2) is 4.79 Å². The third-order valence-electron chi connectivity index (χ3n) is 2.86. The molecule has 0 unspecified atom stereocenters. The molecular formula is C16H16N2O5. The Morgan fingerprint density at radius 1 is 1.26 bits per heavy atom. The van der Waals surface area contributed by atoms with Crippen molar-refractivity contribution in [1.82, 2.24) is 0 Å². The number of carbonyl (C=O) groups excluding carboxylic acids is 3. The van der Waals surface area contributed by atoms with Crippen LogP contribution in [0.2, 0.25) is 0 Å². The maximum Gasteiger partial charge on any atom is 0.344 e. The molecule has 0 saturated heterocycles. The zero-order valence-electron chi connectivity index (χ0n) is 12.8. The minimum Gasteiger partial charge on any atom is -0.482 e. The van der Waals surface area contributed by atoms with Crippen molar-refractivity contribution in [3.8, 4) is 11.8 Å². The molecule has 120 valence electrons. The van der Waals surface area contributed by atoms with Crippen LogP contribution in [0.3, 0.4) is 0 Å². The molecule has 1 rings (SSSR count). The van der Waals surface area contributed by atoms with Crippen LogP contribution < -0.4 is 4.74 Å². The van der Waals surface area contributed by atoms with Crippen molar-refractivity contribution in [3.05, 3.63) is 29.8 Å². The molecule has 0 spiro atoms. The van der Waals surface area contributed by atoms with Gasteiger partial charge in [-0.2, -0.15) is 5.26 Å². The summed E-state index contributed by atoms with van der Waals surface area (Å²) in [6.07, 6.45) is 0. The van der Waals surface area contributed by atoms with E-state index in [1.807, 2.05) is 0 Å². The molecule has 0 aliphatic carbocycles. The third-order valence-corrected chi connectivity index (χ3v) is 2.86. The first-order valence-electron chi connectivity index (χ1n) is 6.72. The van der Waals surface area contributed by atoms with Gasteiger partial charge in [-0.1, -0.05) is 12.1 Å². The van der Waals surface area contributed by atoms with E-state index in [0.29, 0.717) is 11.3 Å². The van der Waals surface area contributed by atoms with Crippen LogP contribution >= 0.6 is 0 Å². The second kappa shape index (κ2) is 8.44. The molecule has 0 aromatic heterocycles. The highest BCUT2D eigenvalue weighted by atomic mass is 16.6. The number of rotatable bonds is 8. The zero-order chi connectivity index (χ0) is 17.4. The van der Waals surface area contributed by atoms with E-state index >= 15 is 0 Å². The summed E-state index contributed by atoms with van der Waals surface area (Å²) in [7, 11) is 0. The molecule has 23 heavy (non-hydrogen) atoms. The lowest BCUT2D eigenvalue weighted by atomic mass is 10.0. The lowest BCUT2D eigenvalue weighted by Crippen LogP contribution is -2.27. The highest BCUT2D eigenvalue weighted by molar-refractivity contribution is 6.06. The van der Waals surface area contributed by atoms with Crippen molar-refractivity contribution in [3.63, 3.8) is 0 Å². The van der Waals surface area contributed by atoms with Crippen molar-refractivity contribution in [2.45, 2.75) is 13.8 Å². The van der Waals surface area contributed by atoms with Crippen LogP contribution in [0.15, 0.2) is 24.3 Å². The maximum atomic E-state index is 11.6. The molecule has 0 amide bonds. The van der Waals surface area contributed by atoms with Crippen LogP contribution in [-0.4, -0.2) is 36.5 Å². The van der Waals surface area contributed by atoms with Crippen LogP contribution in [0, 0.1) is 22.7 Å². The quantitative estimate of drug-likeness (QED) is 0.442. The van der Waals surface area contributed by atoms with Crippen LogP contribution in [0.4, 0.5) is 0 Å². The van der Waals surface area contributed by atoms with E-state index in [9.17, 15) is 14.4 Å². The Labute approximate surface area is 133 Å². The summed E-state index contributed by atoms with van der Waals surface area (Å²) in [6, 6.07) is 7.98. The number of benzene rings is 1. The normalized spacial score (nSPS) is 11.0. The minimum atomic E-state index is -1.21. The SMILES string of the molecule is CC(=N)[C@@H](C#N)C(=O)COC(=O)COc1cccc(C(C)=O)c1. The van der Waals surface area contributed by atoms with Crippen molar-refractivity contribution >= 4 is 23.2 Å². The summed E-state index contributed by atoms with van der Waals surface area (Å²) in [5.74, 6) is -2.46. The van der Waals surface area contributed by atoms with Gasteiger partial charge in [-0.05, 0) is 26.0 Å². The van der Waals surface area contributed by atoms with E-state index in [1.165, 1.54) is 19.9 Å². The predicted molar refractivity (Wildman–Crippen MR) is 80.4 cm³/mol. The van der Waals surface area contributed by atoms with Crippen molar-refractivity contribution in [1.29, 1.82) is 10.7 Å². The average Bonchev–Trinajstić information content (AvgIpc) is 2.51. The Balaban J connectivity index is 2.48. The number of ether oxygens (including phenoxy) is 2. The van der Waals surface area contributed by atoms with Gasteiger partial charge < -0.3 is 14.9 Å². The van der Waals surface area contributed by atoms with Crippen molar-refractivity contribution in [2.24, 2.45) is 5.92 Å². The molecule has 0 aliphatic rings. The first-order valence-corrected chi connectivity index (χ1v) is 6.72. The fraction of sp³-hybridized carbons (Fsp3) is 0.312. The summed E-state index contributed by atoms with van der Waals surface area (Å²) in [4.78, 5) is 34.3. The molecule has 0 bridgehead atoms. The smallest absolute Gasteiger partial charge is 0.344 e. The Morgan fingerprint density at radius 2 is 1.96 bits per heavy atom. The third kappa shape index (κ3) is 5.71. The maximum absolute atomic E-state index is 11.6. The summed E-state index contributed by atoms with van der Waals surface area (Å²) in [5.41, 5.74) is 0.343. The number of esters is 1. The first-order chi connectivity index (χ1) is 10.8. The standard InChI is InChI=1S/C16H16N2O5/c1-10(18)14(7-17)15(20)8-23-16(21)9-22-13-5-3-4-12(6-13)11(2)19/h3-6,14,18H,8-9H2,1-2H3/t14-/m1/s1. The van der Waals surface area contributed by atoms with Crippen LogP contribution in [0.5, 0.6) is 5.75 Å². The van der Waals surface area contributed by atoms with E-state index in [1.54, 1.807) is 24.3 Å². The number of Topliss-reactive ketones (excluding diaryl/α,β-unsaturated/α-hetero) is 2. The van der Waals surface area contributed by atoms with Gasteiger partial charge in [0.05, 0.1) is 6.07 Å². The van der Waals surface area contributed by atoms with Gasteiger partial charge in [0, 0.05) is 11.3 Å². The van der Waals surface area contributed by atoms with Crippen LogP contribution in [0.25, 0.3) is 0 Å². The second-order valence-corrected chi connectivity index (χ2v) is 4.74. The Morgan fingerprint density at radius 3 is 2.52 bits per heavy atom. The van der Waals surface area contributed by atoms with Gasteiger partial charge in [0.1, 0.15) is 11.7 Å². The number of hydrogen-bond acceptors (Lipinski definition) is 7. The molecule has 7 heteroatoms. The van der Waals surface area contributed by atoms with Crippen LogP contribution in [-0.2, 0) is 14.3 Å². The summed E-state index contributed by atoms with van der Waals surface area (Å²) in [6.45, 7) is 1.72. The number of nitriles is 1. The summed E-state index contributed by atoms with van der Waals surface area (Å²) in [5, 5.41) is 16.0. The fourth-order valence-electron chi connectivity index (χ4n) is 1.63. The van der Waals surface area contributed by atoms with Gasteiger partial charge in [0.15, 0.2) is 24.8 Å². The lowest BCUT2D eigenvalue weighted by Gasteiger charge is -2.09. The Kier molecular flexibility index (Phi) is 6.62. The predicted octanol–water partition coefficient (Wildman–Crippen LogP) is 1.56. The number of hydrogen-bond donors (Lipinski definition) is 1. The number of nitrogens with one attached hydrogen (secondary N) is 1. The Bertz CT molecular complexity index is 675. The fourth-order valence-corrected chi connectivity index (χ4v) is 1.63. The topological polar surface area (TPSA) is 117 Å². The van der Waals surface area contributed by atoms with Gasteiger partial charge in [0.25, 0.3) is 0 Å². The number of carbonyl (C=O) groups is 3. The Hall–Kier alpha value is -3.01. The van der Waals surface area contributed by atoms with Crippen molar-refractivity contribution in [2.75, 3.05) is 13.2 Å². The molecule has 0 saturated carbocycles. The van der Waals surface area contributed by atoms with Gasteiger partial charge in [-0.15, -0.1) is 0 Å². The van der Waals surface area contributed by atoms with Gasteiger partial charge in [0.2, 0.25) is 0 Å². The lowest BCUT2D eigenvalue weighted by molar-refractivity contribution is -0.150. The first kappa shape index (κ1) is 18.0. The van der Waals surface area contributed by atoms with E-state index in [2.05, 4.69) is 0 Å². The molecular weight excluding hydrogens is 300 g/mol. The molecule has 0 radical (unpaired) electrons. The molecule has 7 nitrogen and oxygen atoms in total. The molecule has 0 heterocycles. The molecule has 0 aliphatic heterocycles. The largest absolute Gasteiger partial charge is 0.482 e. The van der Waals surface area contributed by atoms with Gasteiger partial charge in [-0.3, -0.25) is 9.59 Å². The van der Waals surface area contributed by atoms with Gasteiger partial charge >= 0.3 is 5.97 Å². The number of nitrogens with zero attached hydrogens (tertiary/aromatic N) is 1.